The van der Waals surface area contributed by atoms with E-state index in [-0.39, 0.29) is 5.69 Å². The third-order valence-corrected chi connectivity index (χ3v) is 2.37. The Morgan fingerprint density at radius 3 is 2.89 bits per heavy atom. The van der Waals surface area contributed by atoms with Crippen molar-refractivity contribution in [3.63, 3.8) is 0 Å². The lowest BCUT2D eigenvalue weighted by Crippen LogP contribution is -2.05. The second-order valence-corrected chi connectivity index (χ2v) is 3.73. The number of carbonyl (C=O) groups is 1. The second-order valence-electron chi connectivity index (χ2n) is 3.73. The van der Waals surface area contributed by atoms with Crippen LogP contribution < -0.4 is 4.74 Å². The van der Waals surface area contributed by atoms with E-state index in [9.17, 15) is 4.79 Å². The molecule has 2 rings (SSSR count). The van der Waals surface area contributed by atoms with Gasteiger partial charge in [-0.15, -0.1) is 5.10 Å². The molecule has 0 saturated heterocycles. The minimum atomic E-state index is -0.471. The molecule has 0 spiro atoms. The smallest absolute Gasteiger partial charge is 0.360 e. The first-order valence-corrected chi connectivity index (χ1v) is 5.79. The minimum absolute atomic E-state index is 0.198. The van der Waals surface area contributed by atoms with Gasteiger partial charge in [0.25, 0.3) is 0 Å². The third-order valence-electron chi connectivity index (χ3n) is 2.37. The number of pyridine rings is 1. The van der Waals surface area contributed by atoms with Gasteiger partial charge >= 0.3 is 5.97 Å². The van der Waals surface area contributed by atoms with Gasteiger partial charge in [0, 0.05) is 12.3 Å². The van der Waals surface area contributed by atoms with E-state index in [0.29, 0.717) is 19.0 Å². The first kappa shape index (κ1) is 13.0. The van der Waals surface area contributed by atoms with Crippen molar-refractivity contribution in [2.45, 2.75) is 13.5 Å². The Bertz CT molecular complexity index is 550. The van der Waals surface area contributed by atoms with Crippen molar-refractivity contribution in [1.82, 2.24) is 20.0 Å². The van der Waals surface area contributed by atoms with E-state index in [1.165, 1.54) is 0 Å². The first-order valence-electron chi connectivity index (χ1n) is 5.79. The molecule has 0 aliphatic heterocycles. The fraction of sp³-hybridized carbons (Fsp3) is 0.333. The molecule has 0 bridgehead atoms. The predicted octanol–water partition coefficient (Wildman–Crippen LogP) is 0.907. The van der Waals surface area contributed by atoms with E-state index < -0.39 is 5.97 Å². The number of methoxy groups -OCH3 is 1. The zero-order valence-electron chi connectivity index (χ0n) is 10.7. The molecule has 0 atom stereocenters. The van der Waals surface area contributed by atoms with Crippen molar-refractivity contribution in [3.05, 3.63) is 35.8 Å². The highest BCUT2D eigenvalue weighted by Crippen LogP contribution is 2.08. The summed E-state index contributed by atoms with van der Waals surface area (Å²) < 4.78 is 11.4. The number of nitrogens with zero attached hydrogens (tertiary/aromatic N) is 4. The van der Waals surface area contributed by atoms with Crippen LogP contribution in [0.2, 0.25) is 0 Å². The Morgan fingerprint density at radius 1 is 1.42 bits per heavy atom. The normalized spacial score (nSPS) is 10.2. The summed E-state index contributed by atoms with van der Waals surface area (Å²) in [6.07, 6.45) is 3.23. The third kappa shape index (κ3) is 3.27. The van der Waals surface area contributed by atoms with Crippen molar-refractivity contribution in [1.29, 1.82) is 0 Å². The number of hydrogen-bond acceptors (Lipinski definition) is 6. The number of rotatable bonds is 5. The van der Waals surface area contributed by atoms with Gasteiger partial charge in [0.2, 0.25) is 5.88 Å². The van der Waals surface area contributed by atoms with E-state index in [2.05, 4.69) is 15.3 Å². The average Bonchev–Trinajstić information content (AvgIpc) is 2.88. The Labute approximate surface area is 110 Å². The Hall–Kier alpha value is -2.44. The van der Waals surface area contributed by atoms with Gasteiger partial charge in [0.1, 0.15) is 0 Å². The number of esters is 1. The Balaban J connectivity index is 2.04. The summed E-state index contributed by atoms with van der Waals surface area (Å²) in [4.78, 5) is 15.5. The molecule has 0 fully saturated rings. The molecule has 0 aromatic carbocycles. The molecule has 2 aromatic rings. The van der Waals surface area contributed by atoms with Crippen molar-refractivity contribution >= 4 is 5.97 Å². The summed E-state index contributed by atoms with van der Waals surface area (Å²) in [6.45, 7) is 2.53. The van der Waals surface area contributed by atoms with Crippen LogP contribution in [-0.4, -0.2) is 39.7 Å². The van der Waals surface area contributed by atoms with Crippen LogP contribution in [0.4, 0.5) is 0 Å². The first-order chi connectivity index (χ1) is 9.22. The fourth-order valence-electron chi connectivity index (χ4n) is 1.49. The zero-order chi connectivity index (χ0) is 13.7. The summed E-state index contributed by atoms with van der Waals surface area (Å²) in [5.41, 5.74) is 1.13. The van der Waals surface area contributed by atoms with Gasteiger partial charge in [0.15, 0.2) is 5.69 Å². The maximum absolute atomic E-state index is 11.4. The van der Waals surface area contributed by atoms with Crippen molar-refractivity contribution < 1.29 is 14.3 Å². The summed E-state index contributed by atoms with van der Waals surface area (Å²) >= 11 is 0. The maximum Gasteiger partial charge on any atom is 0.360 e. The van der Waals surface area contributed by atoms with Gasteiger partial charge in [-0.25, -0.2) is 14.5 Å². The number of aromatic nitrogens is 4. The predicted molar refractivity (Wildman–Crippen MR) is 65.9 cm³/mol. The maximum atomic E-state index is 11.4. The van der Waals surface area contributed by atoms with Crippen LogP contribution >= 0.6 is 0 Å². The van der Waals surface area contributed by atoms with Gasteiger partial charge in [-0.1, -0.05) is 11.3 Å². The van der Waals surface area contributed by atoms with Crippen LogP contribution in [0.5, 0.6) is 5.88 Å². The fourth-order valence-corrected chi connectivity index (χ4v) is 1.49. The van der Waals surface area contributed by atoms with Crippen molar-refractivity contribution in [3.8, 4) is 5.88 Å². The molecule has 2 aromatic heterocycles. The quantitative estimate of drug-likeness (QED) is 0.745. The van der Waals surface area contributed by atoms with Crippen molar-refractivity contribution in [2.24, 2.45) is 0 Å². The molecule has 7 nitrogen and oxygen atoms in total. The summed E-state index contributed by atoms with van der Waals surface area (Å²) in [5.74, 6) is 0.0798. The van der Waals surface area contributed by atoms with E-state index in [1.54, 1.807) is 37.2 Å². The van der Waals surface area contributed by atoms with Crippen LogP contribution in [-0.2, 0) is 11.3 Å². The van der Waals surface area contributed by atoms with Gasteiger partial charge in [-0.05, 0) is 12.5 Å². The van der Waals surface area contributed by atoms with E-state index in [1.807, 2.05) is 6.07 Å². The number of hydrogen-bond donors (Lipinski definition) is 0. The lowest BCUT2D eigenvalue weighted by atomic mass is 10.3. The topological polar surface area (TPSA) is 79.1 Å². The van der Waals surface area contributed by atoms with E-state index in [4.69, 9.17) is 9.47 Å². The van der Waals surface area contributed by atoms with Gasteiger partial charge in [-0.2, -0.15) is 0 Å². The van der Waals surface area contributed by atoms with Gasteiger partial charge in [0.05, 0.1) is 26.5 Å². The molecule has 19 heavy (non-hydrogen) atoms. The average molecular weight is 262 g/mol. The Morgan fingerprint density at radius 2 is 2.26 bits per heavy atom. The van der Waals surface area contributed by atoms with Crippen LogP contribution in [0, 0.1) is 0 Å². The minimum Gasteiger partial charge on any atom is -0.481 e. The largest absolute Gasteiger partial charge is 0.481 e. The Kier molecular flexibility index (Phi) is 4.07. The highest BCUT2D eigenvalue weighted by Gasteiger charge is 2.11. The molecule has 0 unspecified atom stereocenters. The molecule has 0 radical (unpaired) electrons. The second kappa shape index (κ2) is 5.94. The highest BCUT2D eigenvalue weighted by atomic mass is 16.5. The lowest BCUT2D eigenvalue weighted by Gasteiger charge is -2.02. The highest BCUT2D eigenvalue weighted by molar-refractivity contribution is 5.86. The van der Waals surface area contributed by atoms with Crippen LogP contribution in [0.3, 0.4) is 0 Å². The summed E-state index contributed by atoms with van der Waals surface area (Å²) in [7, 11) is 1.56. The molecule has 0 amide bonds. The molecule has 0 saturated carbocycles. The molecule has 0 N–H and O–H groups in total. The SMILES string of the molecule is CCOC(=O)c1cn(Cc2ccc(OC)nc2)nn1. The molecular weight excluding hydrogens is 248 g/mol. The molecule has 0 aliphatic rings. The molecular formula is C12H14N4O3. The molecule has 0 aliphatic carbocycles. The van der Waals surface area contributed by atoms with Crippen molar-refractivity contribution in [2.75, 3.05) is 13.7 Å². The van der Waals surface area contributed by atoms with Gasteiger partial charge in [-0.3, -0.25) is 0 Å². The summed E-state index contributed by atoms with van der Waals surface area (Å²) in [6, 6.07) is 3.63. The lowest BCUT2D eigenvalue weighted by molar-refractivity contribution is 0.0519. The van der Waals surface area contributed by atoms with Gasteiger partial charge < -0.3 is 9.47 Å². The number of ether oxygens (including phenoxy) is 2. The molecule has 2 heterocycles. The molecule has 100 valence electrons. The standard InChI is InChI=1S/C12H14N4O3/c1-3-19-12(17)10-8-16(15-14-10)7-9-4-5-11(18-2)13-6-9/h4-6,8H,3,7H2,1-2H3. The monoisotopic (exact) mass is 262 g/mol. The molecule has 7 heteroatoms. The van der Waals surface area contributed by atoms with Crippen LogP contribution in [0.25, 0.3) is 0 Å². The summed E-state index contributed by atoms with van der Waals surface area (Å²) in [5, 5.41) is 7.62. The van der Waals surface area contributed by atoms with E-state index in [0.717, 1.165) is 5.56 Å². The van der Waals surface area contributed by atoms with Crippen LogP contribution in [0.15, 0.2) is 24.5 Å². The van der Waals surface area contributed by atoms with E-state index >= 15 is 0 Å². The zero-order valence-corrected chi connectivity index (χ0v) is 10.7. The number of carbonyl (C=O) groups excluding carboxylic acids is 1. The van der Waals surface area contributed by atoms with Crippen LogP contribution in [0.1, 0.15) is 23.0 Å².